The molecule has 0 spiro atoms. The molecular formula is C6H7N3O. The number of hydrogen-bond acceptors (Lipinski definition) is 4. The zero-order chi connectivity index (χ0) is 6.81. The Labute approximate surface area is 58.3 Å². The second-order valence-electron chi connectivity index (χ2n) is 2.05. The van der Waals surface area contributed by atoms with Crippen LogP contribution in [-0.4, -0.2) is 18.8 Å². The molecule has 0 fully saturated rings. The standard InChI is InChI=1S/C6H7N3O/c1-2-5-6(8-4-7-5)10-9-3-1/h2,4,9H,1,3H2. The maximum Gasteiger partial charge on any atom is 0.264 e. The molecule has 0 bridgehead atoms. The predicted molar refractivity (Wildman–Crippen MR) is 37.7 cm³/mol. The van der Waals surface area contributed by atoms with Gasteiger partial charge in [-0.1, -0.05) is 6.08 Å². The van der Waals surface area contributed by atoms with Crippen molar-refractivity contribution in [3.05, 3.63) is 11.8 Å². The van der Waals surface area contributed by atoms with Crippen LogP contribution < -0.4 is 5.48 Å². The SMILES string of the molecule is C1=NC2=CCCNOC2=N1. The summed E-state index contributed by atoms with van der Waals surface area (Å²) >= 11 is 0. The third kappa shape index (κ3) is 0.823. The maximum atomic E-state index is 5.03. The van der Waals surface area contributed by atoms with E-state index >= 15 is 0 Å². The molecule has 4 heteroatoms. The average Bonchev–Trinajstić information content (AvgIpc) is 2.28. The monoisotopic (exact) mass is 137 g/mol. The van der Waals surface area contributed by atoms with E-state index in [1.165, 1.54) is 6.34 Å². The summed E-state index contributed by atoms with van der Waals surface area (Å²) in [4.78, 5) is 12.9. The first-order valence-corrected chi connectivity index (χ1v) is 3.17. The largest absolute Gasteiger partial charge is 0.386 e. The van der Waals surface area contributed by atoms with Crippen LogP contribution in [-0.2, 0) is 4.84 Å². The van der Waals surface area contributed by atoms with Crippen molar-refractivity contribution in [1.29, 1.82) is 0 Å². The Balaban J connectivity index is 2.28. The molecule has 0 atom stereocenters. The number of nitrogens with one attached hydrogen (secondary N) is 1. The average molecular weight is 137 g/mol. The normalized spacial score (nSPS) is 22.4. The van der Waals surface area contributed by atoms with Crippen LogP contribution in [0.3, 0.4) is 0 Å². The fourth-order valence-corrected chi connectivity index (χ4v) is 0.871. The number of aliphatic imine (C=N–C) groups is 2. The first-order valence-electron chi connectivity index (χ1n) is 3.17. The summed E-state index contributed by atoms with van der Waals surface area (Å²) in [6.45, 7) is 0.818. The Kier molecular flexibility index (Phi) is 1.25. The fraction of sp³-hybridized carbons (Fsp3) is 0.333. The predicted octanol–water partition coefficient (Wildman–Crippen LogP) is 0.236. The molecule has 0 aromatic heterocycles. The van der Waals surface area contributed by atoms with E-state index in [1.54, 1.807) is 0 Å². The highest BCUT2D eigenvalue weighted by Gasteiger charge is 2.13. The summed E-state index contributed by atoms with van der Waals surface area (Å²) in [6.07, 6.45) is 4.43. The van der Waals surface area contributed by atoms with Gasteiger partial charge < -0.3 is 4.84 Å². The van der Waals surface area contributed by atoms with E-state index in [-0.39, 0.29) is 0 Å². The van der Waals surface area contributed by atoms with E-state index in [4.69, 9.17) is 4.84 Å². The molecule has 0 aromatic carbocycles. The summed E-state index contributed by atoms with van der Waals surface area (Å²) in [5.41, 5.74) is 3.59. The van der Waals surface area contributed by atoms with Gasteiger partial charge in [0.2, 0.25) is 0 Å². The summed E-state index contributed by atoms with van der Waals surface area (Å²) in [7, 11) is 0. The lowest BCUT2D eigenvalue weighted by Crippen LogP contribution is -2.17. The lowest BCUT2D eigenvalue weighted by Gasteiger charge is -1.99. The Morgan fingerprint density at radius 1 is 1.60 bits per heavy atom. The van der Waals surface area contributed by atoms with Crippen molar-refractivity contribution in [2.45, 2.75) is 6.42 Å². The van der Waals surface area contributed by atoms with Gasteiger partial charge in [0.25, 0.3) is 5.90 Å². The maximum absolute atomic E-state index is 5.03. The second-order valence-corrected chi connectivity index (χ2v) is 2.05. The van der Waals surface area contributed by atoms with Crippen LogP contribution in [0, 0.1) is 0 Å². The lowest BCUT2D eigenvalue weighted by atomic mass is 10.3. The Morgan fingerprint density at radius 2 is 2.60 bits per heavy atom. The Morgan fingerprint density at radius 3 is 3.60 bits per heavy atom. The molecule has 0 aromatic rings. The van der Waals surface area contributed by atoms with E-state index in [0.717, 1.165) is 18.7 Å². The molecule has 0 amide bonds. The first-order chi connectivity index (χ1) is 4.97. The van der Waals surface area contributed by atoms with Gasteiger partial charge in [-0.15, -0.1) is 0 Å². The van der Waals surface area contributed by atoms with E-state index in [2.05, 4.69) is 15.5 Å². The van der Waals surface area contributed by atoms with Crippen molar-refractivity contribution in [3.8, 4) is 0 Å². The second kappa shape index (κ2) is 2.22. The zero-order valence-corrected chi connectivity index (χ0v) is 5.37. The van der Waals surface area contributed by atoms with Gasteiger partial charge in [0, 0.05) is 6.54 Å². The van der Waals surface area contributed by atoms with E-state index < -0.39 is 0 Å². The number of nitrogens with zero attached hydrogens (tertiary/aromatic N) is 2. The smallest absolute Gasteiger partial charge is 0.264 e. The topological polar surface area (TPSA) is 46.0 Å². The molecule has 0 aliphatic carbocycles. The molecule has 52 valence electrons. The van der Waals surface area contributed by atoms with Crippen LogP contribution >= 0.6 is 0 Å². The van der Waals surface area contributed by atoms with Gasteiger partial charge >= 0.3 is 0 Å². The summed E-state index contributed by atoms with van der Waals surface area (Å²) in [5, 5.41) is 0. The first kappa shape index (κ1) is 5.61. The van der Waals surface area contributed by atoms with Gasteiger partial charge in [-0.05, 0) is 6.42 Å². The van der Waals surface area contributed by atoms with Crippen LogP contribution in [0.25, 0.3) is 0 Å². The van der Waals surface area contributed by atoms with E-state index in [9.17, 15) is 0 Å². The summed E-state index contributed by atoms with van der Waals surface area (Å²) < 4.78 is 0. The molecule has 2 aliphatic heterocycles. The van der Waals surface area contributed by atoms with Gasteiger partial charge in [-0.3, -0.25) is 0 Å². The Hall–Kier alpha value is -1.16. The number of hydrogen-bond donors (Lipinski definition) is 1. The quantitative estimate of drug-likeness (QED) is 0.519. The van der Waals surface area contributed by atoms with E-state index in [1.807, 2.05) is 6.08 Å². The molecule has 2 heterocycles. The van der Waals surface area contributed by atoms with Crippen molar-refractivity contribution >= 4 is 12.2 Å². The third-order valence-corrected chi connectivity index (χ3v) is 1.34. The molecule has 1 N–H and O–H groups in total. The van der Waals surface area contributed by atoms with Crippen LogP contribution in [0.2, 0.25) is 0 Å². The van der Waals surface area contributed by atoms with Crippen molar-refractivity contribution in [2.24, 2.45) is 9.98 Å². The van der Waals surface area contributed by atoms with Gasteiger partial charge in [-0.25, -0.2) is 4.99 Å². The van der Waals surface area contributed by atoms with Crippen molar-refractivity contribution in [3.63, 3.8) is 0 Å². The lowest BCUT2D eigenvalue weighted by molar-refractivity contribution is 0.188. The molecule has 2 aliphatic rings. The molecule has 0 saturated carbocycles. The number of hydroxylamine groups is 1. The van der Waals surface area contributed by atoms with Crippen LogP contribution in [0.1, 0.15) is 6.42 Å². The van der Waals surface area contributed by atoms with Crippen LogP contribution in [0.5, 0.6) is 0 Å². The number of rotatable bonds is 0. The third-order valence-electron chi connectivity index (χ3n) is 1.34. The van der Waals surface area contributed by atoms with Gasteiger partial charge in [0.1, 0.15) is 12.0 Å². The molecule has 4 nitrogen and oxygen atoms in total. The summed E-state index contributed by atoms with van der Waals surface area (Å²) in [5.74, 6) is 0.581. The van der Waals surface area contributed by atoms with Gasteiger partial charge in [0.15, 0.2) is 0 Å². The molecule has 0 radical (unpaired) electrons. The summed E-state index contributed by atoms with van der Waals surface area (Å²) in [6, 6.07) is 0. The van der Waals surface area contributed by atoms with E-state index in [0.29, 0.717) is 5.90 Å². The van der Waals surface area contributed by atoms with Crippen molar-refractivity contribution in [1.82, 2.24) is 5.48 Å². The van der Waals surface area contributed by atoms with Crippen molar-refractivity contribution < 1.29 is 4.84 Å². The van der Waals surface area contributed by atoms with Gasteiger partial charge in [-0.2, -0.15) is 10.5 Å². The number of fused-ring (bicyclic) bond motifs is 1. The Bertz CT molecular complexity index is 229. The minimum absolute atomic E-state index is 0.581. The molecule has 0 unspecified atom stereocenters. The minimum atomic E-state index is 0.581. The molecule has 2 rings (SSSR count). The van der Waals surface area contributed by atoms with Crippen LogP contribution in [0.15, 0.2) is 21.8 Å². The van der Waals surface area contributed by atoms with Crippen LogP contribution in [0.4, 0.5) is 0 Å². The zero-order valence-electron chi connectivity index (χ0n) is 5.37. The highest BCUT2D eigenvalue weighted by atomic mass is 16.7. The molecular weight excluding hydrogens is 130 g/mol. The highest BCUT2D eigenvalue weighted by Crippen LogP contribution is 2.09. The van der Waals surface area contributed by atoms with Crippen molar-refractivity contribution in [2.75, 3.05) is 6.54 Å². The van der Waals surface area contributed by atoms with Gasteiger partial charge in [0.05, 0.1) is 0 Å². The molecule has 0 saturated heterocycles. The molecule has 10 heavy (non-hydrogen) atoms. The minimum Gasteiger partial charge on any atom is -0.386 e. The fourth-order valence-electron chi connectivity index (χ4n) is 0.871. The highest BCUT2D eigenvalue weighted by molar-refractivity contribution is 6.02.